The lowest BCUT2D eigenvalue weighted by Gasteiger charge is -2.22. The van der Waals surface area contributed by atoms with Gasteiger partial charge in [-0.2, -0.15) is 0 Å². The minimum Gasteiger partial charge on any atom is -0.444 e. The lowest BCUT2D eigenvalue weighted by molar-refractivity contribution is -0.117. The zero-order chi connectivity index (χ0) is 19.5. The first-order chi connectivity index (χ1) is 12.0. The zero-order valence-electron chi connectivity index (χ0n) is 15.9. The molecular weight excluding hydrogens is 334 g/mol. The van der Waals surface area contributed by atoms with Gasteiger partial charge in [-0.1, -0.05) is 6.07 Å². The summed E-state index contributed by atoms with van der Waals surface area (Å²) in [6.07, 6.45) is 1.36. The molecule has 0 saturated heterocycles. The van der Waals surface area contributed by atoms with Crippen LogP contribution in [-0.4, -0.2) is 35.6 Å². The van der Waals surface area contributed by atoms with Gasteiger partial charge in [0.2, 0.25) is 5.91 Å². The molecule has 2 rings (SSSR count). The quantitative estimate of drug-likeness (QED) is 0.751. The average molecular weight is 361 g/mol. The zero-order valence-corrected chi connectivity index (χ0v) is 15.9. The number of nitrogens with one attached hydrogen (secondary N) is 3. The first-order valence-electron chi connectivity index (χ1n) is 8.77. The number of carbonyl (C=O) groups is 3. The highest BCUT2D eigenvalue weighted by Crippen LogP contribution is 2.21. The second kappa shape index (κ2) is 7.76. The molecular formula is C19H27N3O4. The highest BCUT2D eigenvalue weighted by atomic mass is 16.6. The van der Waals surface area contributed by atoms with Crippen molar-refractivity contribution in [2.75, 3.05) is 5.32 Å². The van der Waals surface area contributed by atoms with E-state index in [1.165, 1.54) is 0 Å². The molecule has 0 aromatic heterocycles. The van der Waals surface area contributed by atoms with E-state index in [9.17, 15) is 14.4 Å². The number of rotatable bonds is 5. The van der Waals surface area contributed by atoms with Gasteiger partial charge in [0, 0.05) is 17.3 Å². The molecule has 26 heavy (non-hydrogen) atoms. The molecule has 1 atom stereocenters. The van der Waals surface area contributed by atoms with Crippen LogP contribution in [-0.2, 0) is 9.53 Å². The summed E-state index contributed by atoms with van der Waals surface area (Å²) >= 11 is 0. The maximum atomic E-state index is 12.4. The Bertz CT molecular complexity index is 705. The molecule has 1 fully saturated rings. The Balaban J connectivity index is 1.98. The van der Waals surface area contributed by atoms with Crippen LogP contribution in [0, 0.1) is 6.92 Å². The van der Waals surface area contributed by atoms with Gasteiger partial charge < -0.3 is 20.7 Å². The topological polar surface area (TPSA) is 96.5 Å². The fourth-order valence-electron chi connectivity index (χ4n) is 2.19. The highest BCUT2D eigenvalue weighted by molar-refractivity contribution is 6.00. The molecule has 7 nitrogen and oxygen atoms in total. The summed E-state index contributed by atoms with van der Waals surface area (Å²) in [6.45, 7) is 8.65. The van der Waals surface area contributed by atoms with Crippen molar-refractivity contribution >= 4 is 23.6 Å². The van der Waals surface area contributed by atoms with Gasteiger partial charge in [0.05, 0.1) is 0 Å². The van der Waals surface area contributed by atoms with Crippen molar-refractivity contribution in [3.05, 3.63) is 29.3 Å². The van der Waals surface area contributed by atoms with Crippen LogP contribution in [0.2, 0.25) is 0 Å². The largest absolute Gasteiger partial charge is 0.444 e. The minimum absolute atomic E-state index is 0.150. The van der Waals surface area contributed by atoms with Crippen molar-refractivity contribution in [1.82, 2.24) is 10.6 Å². The molecule has 3 N–H and O–H groups in total. The van der Waals surface area contributed by atoms with Crippen LogP contribution >= 0.6 is 0 Å². The Kier molecular flexibility index (Phi) is 5.90. The van der Waals surface area contributed by atoms with Crippen LogP contribution < -0.4 is 16.0 Å². The van der Waals surface area contributed by atoms with Gasteiger partial charge in [-0.3, -0.25) is 9.59 Å². The lowest BCUT2D eigenvalue weighted by Crippen LogP contribution is -2.44. The molecule has 1 unspecified atom stereocenters. The van der Waals surface area contributed by atoms with Crippen molar-refractivity contribution in [1.29, 1.82) is 0 Å². The van der Waals surface area contributed by atoms with Crippen molar-refractivity contribution in [2.24, 2.45) is 0 Å². The molecule has 0 radical (unpaired) electrons. The number of amides is 3. The molecule has 0 heterocycles. The van der Waals surface area contributed by atoms with E-state index >= 15 is 0 Å². The van der Waals surface area contributed by atoms with Gasteiger partial charge in [-0.15, -0.1) is 0 Å². The third kappa shape index (κ3) is 6.06. The smallest absolute Gasteiger partial charge is 0.408 e. The number of alkyl carbamates (subject to hydrolysis) is 1. The number of ether oxygens (including phenoxy) is 1. The predicted octanol–water partition coefficient (Wildman–Crippen LogP) is 2.74. The van der Waals surface area contributed by atoms with Crippen LogP contribution in [0.4, 0.5) is 10.5 Å². The van der Waals surface area contributed by atoms with Crippen LogP contribution in [0.25, 0.3) is 0 Å². The molecule has 7 heteroatoms. The van der Waals surface area contributed by atoms with Crippen molar-refractivity contribution in [3.8, 4) is 0 Å². The Hall–Kier alpha value is -2.57. The van der Waals surface area contributed by atoms with Gasteiger partial charge in [0.1, 0.15) is 11.6 Å². The summed E-state index contributed by atoms with van der Waals surface area (Å²) in [5.74, 6) is -0.540. The van der Waals surface area contributed by atoms with E-state index in [1.807, 2.05) is 6.92 Å². The summed E-state index contributed by atoms with van der Waals surface area (Å²) in [7, 11) is 0. The first kappa shape index (κ1) is 19.8. The highest BCUT2D eigenvalue weighted by Gasteiger charge is 2.24. The number of hydrogen-bond acceptors (Lipinski definition) is 4. The average Bonchev–Trinajstić information content (AvgIpc) is 3.31. The molecule has 3 amide bonds. The number of anilines is 1. The second-order valence-electron chi connectivity index (χ2n) is 7.63. The van der Waals surface area contributed by atoms with E-state index in [2.05, 4.69) is 16.0 Å². The maximum absolute atomic E-state index is 12.4. The van der Waals surface area contributed by atoms with Crippen LogP contribution in [0.5, 0.6) is 0 Å². The Labute approximate surface area is 153 Å². The SMILES string of the molecule is Cc1ccc(C(=O)NC2CC2)cc1NC(=O)C(C)NC(=O)OC(C)(C)C. The van der Waals surface area contributed by atoms with E-state index in [4.69, 9.17) is 4.74 Å². The summed E-state index contributed by atoms with van der Waals surface area (Å²) in [5, 5.41) is 8.16. The van der Waals surface area contributed by atoms with Crippen molar-refractivity contribution in [2.45, 2.75) is 65.1 Å². The second-order valence-corrected chi connectivity index (χ2v) is 7.63. The van der Waals surface area contributed by atoms with E-state index in [-0.39, 0.29) is 11.9 Å². The van der Waals surface area contributed by atoms with E-state index in [0.717, 1.165) is 18.4 Å². The summed E-state index contributed by atoms with van der Waals surface area (Å²) in [4.78, 5) is 36.3. The molecule has 0 spiro atoms. The molecule has 1 aromatic rings. The molecule has 0 bridgehead atoms. The normalized spacial score (nSPS) is 15.0. The maximum Gasteiger partial charge on any atom is 0.408 e. The summed E-state index contributed by atoms with van der Waals surface area (Å²) in [5.41, 5.74) is 1.22. The third-order valence-electron chi connectivity index (χ3n) is 3.80. The molecule has 1 saturated carbocycles. The van der Waals surface area contributed by atoms with Gasteiger partial charge in [-0.25, -0.2) is 4.79 Å². The fourth-order valence-corrected chi connectivity index (χ4v) is 2.19. The van der Waals surface area contributed by atoms with Crippen molar-refractivity contribution in [3.63, 3.8) is 0 Å². The molecule has 142 valence electrons. The number of carbonyl (C=O) groups excluding carboxylic acids is 3. The monoisotopic (exact) mass is 361 g/mol. The Morgan fingerprint density at radius 2 is 1.85 bits per heavy atom. The van der Waals surface area contributed by atoms with Gasteiger partial charge in [0.25, 0.3) is 5.91 Å². The third-order valence-corrected chi connectivity index (χ3v) is 3.80. The summed E-state index contributed by atoms with van der Waals surface area (Å²) in [6, 6.07) is 4.63. The fraction of sp³-hybridized carbons (Fsp3) is 0.526. The molecule has 1 aliphatic rings. The van der Waals surface area contributed by atoms with Crippen LogP contribution in [0.15, 0.2) is 18.2 Å². The molecule has 1 aliphatic carbocycles. The molecule has 0 aliphatic heterocycles. The van der Waals surface area contributed by atoms with Gasteiger partial charge >= 0.3 is 6.09 Å². The van der Waals surface area contributed by atoms with E-state index in [0.29, 0.717) is 11.3 Å². The molecule has 1 aromatic carbocycles. The van der Waals surface area contributed by atoms with Gasteiger partial charge in [-0.05, 0) is 65.2 Å². The standard InChI is InChI=1S/C19H27N3O4/c1-11-6-7-13(17(24)21-14-8-9-14)10-15(11)22-16(23)12(2)20-18(25)26-19(3,4)5/h6-7,10,12,14H,8-9H2,1-5H3,(H,20,25)(H,21,24)(H,22,23). The first-order valence-corrected chi connectivity index (χ1v) is 8.77. The van der Waals surface area contributed by atoms with Crippen LogP contribution in [0.1, 0.15) is 56.5 Å². The number of hydrogen-bond donors (Lipinski definition) is 3. The van der Waals surface area contributed by atoms with Gasteiger partial charge in [0.15, 0.2) is 0 Å². The summed E-state index contributed by atoms with van der Waals surface area (Å²) < 4.78 is 5.14. The number of aryl methyl sites for hydroxylation is 1. The minimum atomic E-state index is -0.784. The van der Waals surface area contributed by atoms with Crippen LogP contribution in [0.3, 0.4) is 0 Å². The van der Waals surface area contributed by atoms with E-state index in [1.54, 1.807) is 45.9 Å². The van der Waals surface area contributed by atoms with Crippen molar-refractivity contribution < 1.29 is 19.1 Å². The Morgan fingerprint density at radius 1 is 1.19 bits per heavy atom. The Morgan fingerprint density at radius 3 is 2.42 bits per heavy atom. The lowest BCUT2D eigenvalue weighted by atomic mass is 10.1. The van der Waals surface area contributed by atoms with E-state index < -0.39 is 23.6 Å². The number of benzene rings is 1. The predicted molar refractivity (Wildman–Crippen MR) is 99.1 cm³/mol.